The van der Waals surface area contributed by atoms with Crippen molar-refractivity contribution in [3.63, 3.8) is 0 Å². The van der Waals surface area contributed by atoms with Gasteiger partial charge in [0, 0.05) is 26.2 Å². The Labute approximate surface area is 388 Å². The van der Waals surface area contributed by atoms with Gasteiger partial charge in [-0.3, -0.25) is 33.9 Å². The summed E-state index contributed by atoms with van der Waals surface area (Å²) in [5.74, 6) is 0.570. The largest absolute Gasteiger partial charge is 0.378 e. The Morgan fingerprint density at radius 2 is 1.10 bits per heavy atom. The molecule has 2 amide bonds. The smallest absolute Gasteiger partial charge is 0.227 e. The summed E-state index contributed by atoms with van der Waals surface area (Å²) in [6, 6.07) is 11.7. The Balaban J connectivity index is 0.000000185. The molecule has 6 aliphatic heterocycles. The van der Waals surface area contributed by atoms with Crippen LogP contribution in [0.3, 0.4) is 0 Å². The average molecular weight is 990 g/mol. The fourth-order valence-corrected chi connectivity index (χ4v) is 10.3. The van der Waals surface area contributed by atoms with Crippen molar-refractivity contribution in [3.8, 4) is 0 Å². The minimum absolute atomic E-state index is 0.0280. The monoisotopic (exact) mass is 986 g/mol. The van der Waals surface area contributed by atoms with E-state index < -0.39 is 0 Å². The number of nitrogens with one attached hydrogen (secondary N) is 1. The van der Waals surface area contributed by atoms with E-state index in [1.807, 2.05) is 17.0 Å². The number of benzene rings is 2. The van der Waals surface area contributed by atoms with E-state index in [1.165, 1.54) is 32.6 Å². The average Bonchev–Trinajstić information content (AvgIpc) is 4.00. The fraction of sp³-hybridized carbons (Fsp3) is 0.636. The van der Waals surface area contributed by atoms with Crippen molar-refractivity contribution >= 4 is 85.7 Å². The minimum atomic E-state index is 0.0280. The number of amides is 2. The van der Waals surface area contributed by atoms with E-state index in [0.717, 1.165) is 50.4 Å². The molecule has 2 aromatic rings. The molecular weight excluding hydrogens is 930 g/mol. The van der Waals surface area contributed by atoms with Gasteiger partial charge in [0.1, 0.15) is 11.6 Å². The highest BCUT2D eigenvalue weighted by molar-refractivity contribution is 9.09. The van der Waals surface area contributed by atoms with Gasteiger partial charge in [-0.15, -0.1) is 0 Å². The quantitative estimate of drug-likeness (QED) is 0.316. The van der Waals surface area contributed by atoms with Gasteiger partial charge in [0.15, 0.2) is 0 Å². The summed E-state index contributed by atoms with van der Waals surface area (Å²) in [6.45, 7) is 13.3. The van der Waals surface area contributed by atoms with Crippen LogP contribution in [-0.4, -0.2) is 175 Å². The predicted molar refractivity (Wildman–Crippen MR) is 244 cm³/mol. The van der Waals surface area contributed by atoms with Gasteiger partial charge in [0.25, 0.3) is 0 Å². The second-order valence-electron chi connectivity index (χ2n) is 16.8. The van der Waals surface area contributed by atoms with Crippen LogP contribution in [0.25, 0.3) is 0 Å². The predicted octanol–water partition coefficient (Wildman–Crippen LogP) is 5.67. The first-order chi connectivity index (χ1) is 29.3. The molecule has 2 aromatic carbocycles. The first kappa shape index (κ1) is 48.6. The van der Waals surface area contributed by atoms with E-state index in [1.54, 1.807) is 31.2 Å². The molecule has 6 fully saturated rings. The number of carbonyl (C=O) groups excluding carboxylic acids is 4. The Hall–Kier alpha value is -1.88. The van der Waals surface area contributed by atoms with Crippen LogP contribution in [0.15, 0.2) is 36.4 Å². The molecular formula is C44H59BrCl4N6O6. The number of carbonyl (C=O) groups is 4. The van der Waals surface area contributed by atoms with E-state index in [9.17, 15) is 19.2 Å². The van der Waals surface area contributed by atoms with Gasteiger partial charge in [-0.05, 0) is 101 Å². The van der Waals surface area contributed by atoms with Gasteiger partial charge in [-0.25, -0.2) is 0 Å². The van der Waals surface area contributed by atoms with Gasteiger partial charge in [-0.2, -0.15) is 0 Å². The van der Waals surface area contributed by atoms with E-state index in [0.29, 0.717) is 84.3 Å². The van der Waals surface area contributed by atoms with E-state index in [-0.39, 0.29) is 59.6 Å². The molecule has 6 saturated heterocycles. The molecule has 6 heterocycles. The molecule has 6 atom stereocenters. The van der Waals surface area contributed by atoms with E-state index >= 15 is 0 Å². The van der Waals surface area contributed by atoms with Gasteiger partial charge in [0.2, 0.25) is 11.8 Å². The highest BCUT2D eigenvalue weighted by Gasteiger charge is 2.48. The molecule has 12 nitrogen and oxygen atoms in total. The number of likely N-dealkylation sites (tertiary alicyclic amines) is 2. The summed E-state index contributed by atoms with van der Waals surface area (Å²) in [5.41, 5.74) is 1.77. The molecule has 0 aliphatic carbocycles. The van der Waals surface area contributed by atoms with Crippen molar-refractivity contribution in [1.82, 2.24) is 29.8 Å². The maximum atomic E-state index is 13.4. The number of alkyl halides is 1. The van der Waals surface area contributed by atoms with E-state index in [4.69, 9.17) is 55.9 Å². The van der Waals surface area contributed by atoms with Gasteiger partial charge >= 0.3 is 0 Å². The van der Waals surface area contributed by atoms with Gasteiger partial charge in [-0.1, -0.05) is 74.5 Å². The van der Waals surface area contributed by atoms with E-state index in [2.05, 4.69) is 40.8 Å². The molecule has 336 valence electrons. The number of hydrogen-bond acceptors (Lipinski definition) is 10. The number of Topliss-reactive ketones (excluding diaryl/α,β-unsaturated/α-hetero) is 2. The van der Waals surface area contributed by atoms with Crippen molar-refractivity contribution in [2.75, 3.05) is 90.7 Å². The van der Waals surface area contributed by atoms with Crippen molar-refractivity contribution in [2.45, 2.75) is 88.6 Å². The molecule has 17 heteroatoms. The molecule has 61 heavy (non-hydrogen) atoms. The summed E-state index contributed by atoms with van der Waals surface area (Å²) in [6.07, 6.45) is 5.48. The van der Waals surface area contributed by atoms with Crippen LogP contribution < -0.4 is 5.32 Å². The van der Waals surface area contributed by atoms with Crippen molar-refractivity contribution < 1.29 is 28.7 Å². The van der Waals surface area contributed by atoms with Crippen molar-refractivity contribution in [3.05, 3.63) is 67.6 Å². The Morgan fingerprint density at radius 1 is 0.623 bits per heavy atom. The molecule has 1 N–H and O–H groups in total. The standard InChI is InChI=1S/C22H29Cl2N3O3.C19H25Cl2N3O2.C3H5BrO/c1-15(28)12-26-8-9-27(21(29)11-16-4-5-17(23)18(24)10-16)22-19(13-30-14-20(22)26)25-6-2-3-7-25;20-14-4-3-13(9-15(14)21)10-18(25)24-8-5-22-16-11-26-12-17(19(16)24)23-6-1-2-7-23;1-3(5)2-4/h4-5,10,19-20,22H,2-3,6-9,11-14H2,1H3;3-4,9,16-17,19,22H,1-2,5-8,10-12H2;2H2,1H3/t19-,20+,22+;16-,17+,19+;/m01./s1. The molecule has 0 unspecified atom stereocenters. The number of rotatable bonds is 9. The second kappa shape index (κ2) is 23.3. The summed E-state index contributed by atoms with van der Waals surface area (Å²) in [4.78, 5) is 59.5. The lowest BCUT2D eigenvalue weighted by Gasteiger charge is -2.54. The summed E-state index contributed by atoms with van der Waals surface area (Å²) >= 11 is 27.2. The number of nitrogens with zero attached hydrogens (tertiary/aromatic N) is 5. The lowest BCUT2D eigenvalue weighted by Crippen LogP contribution is -2.71. The molecule has 6 aliphatic rings. The third kappa shape index (κ3) is 12.9. The number of ether oxygens (including phenoxy) is 2. The lowest BCUT2D eigenvalue weighted by atomic mass is 9.90. The van der Waals surface area contributed by atoms with Crippen LogP contribution in [-0.2, 0) is 41.5 Å². The molecule has 0 saturated carbocycles. The third-order valence-corrected chi connectivity index (χ3v) is 14.8. The lowest BCUT2D eigenvalue weighted by molar-refractivity contribution is -0.153. The molecule has 0 spiro atoms. The molecule has 0 radical (unpaired) electrons. The molecule has 8 rings (SSSR count). The SMILES string of the molecule is CC(=O)CBr.CC(=O)CN1CCN(C(=O)Cc2ccc(Cl)c(Cl)c2)[C@H]2[C@H]1COC[C@@H]2N1CCCC1.O=C(Cc1ccc(Cl)c(Cl)c1)N1CCN[C@@H]2COC[C@H](N3CCCC3)[C@H]21. The minimum Gasteiger partial charge on any atom is -0.378 e. The summed E-state index contributed by atoms with van der Waals surface area (Å²) in [7, 11) is 0. The maximum Gasteiger partial charge on any atom is 0.227 e. The van der Waals surface area contributed by atoms with Crippen LogP contribution in [0.2, 0.25) is 20.1 Å². The van der Waals surface area contributed by atoms with Crippen LogP contribution >= 0.6 is 62.3 Å². The zero-order chi connectivity index (χ0) is 43.6. The van der Waals surface area contributed by atoms with Gasteiger partial charge in [0.05, 0.1) is 107 Å². The number of hydrogen-bond donors (Lipinski definition) is 1. The third-order valence-electron chi connectivity index (χ3n) is 12.5. The number of fused-ring (bicyclic) bond motifs is 2. The zero-order valence-corrected chi connectivity index (χ0v) is 39.8. The van der Waals surface area contributed by atoms with Crippen LogP contribution in [0.1, 0.15) is 50.7 Å². The highest BCUT2D eigenvalue weighted by Crippen LogP contribution is 2.32. The first-order valence-corrected chi connectivity index (χ1v) is 24.1. The van der Waals surface area contributed by atoms with Crippen molar-refractivity contribution in [1.29, 1.82) is 0 Å². The number of piperazine rings is 2. The second-order valence-corrected chi connectivity index (χ2v) is 19.0. The fourth-order valence-electron chi connectivity index (χ4n) is 9.66. The van der Waals surface area contributed by atoms with Crippen molar-refractivity contribution in [2.24, 2.45) is 0 Å². The maximum absolute atomic E-state index is 13.4. The summed E-state index contributed by atoms with van der Waals surface area (Å²) in [5, 5.41) is 6.00. The van der Waals surface area contributed by atoms with Crippen LogP contribution in [0, 0.1) is 0 Å². The highest BCUT2D eigenvalue weighted by atomic mass is 79.9. The molecule has 0 aromatic heterocycles. The van der Waals surface area contributed by atoms with Crippen LogP contribution in [0.4, 0.5) is 0 Å². The topological polar surface area (TPSA) is 115 Å². The Bertz CT molecular complexity index is 1830. The summed E-state index contributed by atoms with van der Waals surface area (Å²) < 4.78 is 11.9. The Kier molecular flexibility index (Phi) is 18.6. The number of halogens is 5. The molecule has 0 bridgehead atoms. The number of ketones is 2. The normalized spacial score (nSPS) is 26.9. The van der Waals surface area contributed by atoms with Crippen LogP contribution in [0.5, 0.6) is 0 Å². The first-order valence-electron chi connectivity index (χ1n) is 21.5. The zero-order valence-electron chi connectivity index (χ0n) is 35.1. The Morgan fingerprint density at radius 3 is 1.59 bits per heavy atom. The van der Waals surface area contributed by atoms with Gasteiger partial charge < -0.3 is 24.6 Å².